The van der Waals surface area contributed by atoms with Crippen LogP contribution in [0.2, 0.25) is 0 Å². The Balaban J connectivity index is 1.54. The van der Waals surface area contributed by atoms with Gasteiger partial charge in [-0.1, -0.05) is 11.8 Å². The molecular weight excluding hydrogens is 512 g/mol. The second kappa shape index (κ2) is 12.1. The number of H-pyrrole nitrogens is 2. The van der Waals surface area contributed by atoms with E-state index >= 15 is 0 Å². The number of methoxy groups -OCH3 is 1. The predicted molar refractivity (Wildman–Crippen MR) is 140 cm³/mol. The second-order valence-electron chi connectivity index (χ2n) is 7.86. The largest absolute Gasteiger partial charge is 0.494 e. The number of anilines is 1. The lowest BCUT2D eigenvalue weighted by atomic mass is 10.2. The molecule has 38 heavy (non-hydrogen) atoms. The van der Waals surface area contributed by atoms with Crippen LogP contribution < -0.4 is 21.3 Å². The highest BCUT2D eigenvalue weighted by atomic mass is 32.2. The summed E-state index contributed by atoms with van der Waals surface area (Å²) in [6, 6.07) is 14.9. The van der Waals surface area contributed by atoms with Gasteiger partial charge in [0.05, 0.1) is 25.0 Å². The number of carbonyl (C=O) groups is 2. The Morgan fingerprint density at radius 2 is 1.76 bits per heavy atom. The van der Waals surface area contributed by atoms with E-state index in [-0.39, 0.29) is 18.1 Å². The number of carbonyl (C=O) groups excluding carboxylic acids is 2. The maximum Gasteiger partial charge on any atom is 0.337 e. The van der Waals surface area contributed by atoms with Gasteiger partial charge in [-0.15, -0.1) is 10.2 Å². The average Bonchev–Trinajstić information content (AvgIpc) is 3.29. The van der Waals surface area contributed by atoms with Gasteiger partial charge in [-0.3, -0.25) is 19.1 Å². The van der Waals surface area contributed by atoms with Crippen LogP contribution in [0.15, 0.2) is 69.3 Å². The molecule has 4 rings (SSSR count). The van der Waals surface area contributed by atoms with Crippen molar-refractivity contribution in [2.24, 2.45) is 0 Å². The molecule has 0 aliphatic carbocycles. The van der Waals surface area contributed by atoms with Crippen molar-refractivity contribution in [2.45, 2.75) is 18.5 Å². The molecule has 0 radical (unpaired) electrons. The van der Waals surface area contributed by atoms with Crippen molar-refractivity contribution in [1.82, 2.24) is 24.7 Å². The first-order chi connectivity index (χ1) is 18.4. The zero-order valence-corrected chi connectivity index (χ0v) is 21.3. The van der Waals surface area contributed by atoms with Crippen LogP contribution in [0.25, 0.3) is 5.69 Å². The first kappa shape index (κ1) is 26.4. The van der Waals surface area contributed by atoms with E-state index < -0.39 is 17.2 Å². The zero-order chi connectivity index (χ0) is 27.1. The topological polar surface area (TPSA) is 161 Å². The molecule has 1 amide bonds. The minimum Gasteiger partial charge on any atom is -0.494 e. The number of nitrogens with one attached hydrogen (secondary N) is 3. The van der Waals surface area contributed by atoms with Crippen LogP contribution in [0.4, 0.5) is 5.69 Å². The van der Waals surface area contributed by atoms with Crippen LogP contribution in [-0.2, 0) is 16.0 Å². The molecule has 2 heterocycles. The van der Waals surface area contributed by atoms with Crippen molar-refractivity contribution < 1.29 is 19.1 Å². The summed E-state index contributed by atoms with van der Waals surface area (Å²) in [7, 11) is 1.30. The molecule has 13 heteroatoms. The molecule has 4 aromatic rings. The van der Waals surface area contributed by atoms with Gasteiger partial charge < -0.3 is 19.8 Å². The summed E-state index contributed by atoms with van der Waals surface area (Å²) in [6.07, 6.45) is 0.124. The fourth-order valence-corrected chi connectivity index (χ4v) is 4.32. The number of aromatic amines is 2. The highest BCUT2D eigenvalue weighted by molar-refractivity contribution is 7.99. The molecule has 0 fully saturated rings. The standard InChI is InChI=1S/C25H24N6O6S/c1-3-37-19-10-8-18(9-11-19)31-20(12-17-13-21(32)28-24(35)27-17)29-30-25(31)38-14-22(33)26-16-6-4-15(5-7-16)23(34)36-2/h4-11,13H,3,12,14H2,1-2H3,(H,26,33)(H2,27,28,32,35). The lowest BCUT2D eigenvalue weighted by molar-refractivity contribution is -0.113. The summed E-state index contributed by atoms with van der Waals surface area (Å²) in [5.41, 5.74) is 0.824. The Kier molecular flexibility index (Phi) is 8.38. The molecule has 0 saturated carbocycles. The van der Waals surface area contributed by atoms with E-state index in [1.807, 2.05) is 19.1 Å². The number of benzene rings is 2. The number of nitrogens with zero attached hydrogens (tertiary/aromatic N) is 3. The molecule has 2 aromatic carbocycles. The molecule has 0 atom stereocenters. The van der Waals surface area contributed by atoms with E-state index in [9.17, 15) is 19.2 Å². The Morgan fingerprint density at radius 3 is 2.42 bits per heavy atom. The minimum atomic E-state index is -0.620. The Labute approximate surface area is 220 Å². The van der Waals surface area contributed by atoms with Gasteiger partial charge >= 0.3 is 11.7 Å². The summed E-state index contributed by atoms with van der Waals surface area (Å²) in [6.45, 7) is 2.41. The van der Waals surface area contributed by atoms with E-state index in [4.69, 9.17) is 4.74 Å². The lowest BCUT2D eigenvalue weighted by Crippen LogP contribution is -2.23. The summed E-state index contributed by atoms with van der Waals surface area (Å²) >= 11 is 1.17. The summed E-state index contributed by atoms with van der Waals surface area (Å²) in [5, 5.41) is 11.7. The van der Waals surface area contributed by atoms with Gasteiger partial charge in [0, 0.05) is 29.6 Å². The van der Waals surface area contributed by atoms with Crippen LogP contribution >= 0.6 is 11.8 Å². The van der Waals surface area contributed by atoms with Gasteiger partial charge in [-0.2, -0.15) is 0 Å². The third kappa shape index (κ3) is 6.56. The molecule has 12 nitrogen and oxygen atoms in total. The second-order valence-corrected chi connectivity index (χ2v) is 8.80. The monoisotopic (exact) mass is 536 g/mol. The van der Waals surface area contributed by atoms with Crippen LogP contribution in [0.5, 0.6) is 5.75 Å². The van der Waals surface area contributed by atoms with Crippen LogP contribution in [0.1, 0.15) is 28.8 Å². The van der Waals surface area contributed by atoms with E-state index in [2.05, 4.69) is 30.2 Å². The molecule has 0 unspecified atom stereocenters. The summed E-state index contributed by atoms with van der Waals surface area (Å²) in [5.74, 6) is 0.415. The molecular formula is C25H24N6O6S. The fraction of sp³-hybridized carbons (Fsp3) is 0.200. The summed E-state index contributed by atoms with van der Waals surface area (Å²) in [4.78, 5) is 52.4. The maximum absolute atomic E-state index is 12.6. The van der Waals surface area contributed by atoms with Crippen molar-refractivity contribution in [1.29, 1.82) is 0 Å². The number of rotatable bonds is 10. The highest BCUT2D eigenvalue weighted by Crippen LogP contribution is 2.25. The average molecular weight is 537 g/mol. The van der Waals surface area contributed by atoms with Gasteiger partial charge in [0.25, 0.3) is 5.56 Å². The van der Waals surface area contributed by atoms with Crippen molar-refractivity contribution in [2.75, 3.05) is 24.8 Å². The molecule has 196 valence electrons. The lowest BCUT2D eigenvalue weighted by Gasteiger charge is -2.11. The van der Waals surface area contributed by atoms with Crippen molar-refractivity contribution in [3.63, 3.8) is 0 Å². The number of ether oxygens (including phenoxy) is 2. The third-order valence-corrected chi connectivity index (χ3v) is 6.12. The molecule has 0 bridgehead atoms. The van der Waals surface area contributed by atoms with Crippen molar-refractivity contribution >= 4 is 29.3 Å². The first-order valence-corrected chi connectivity index (χ1v) is 12.5. The number of thioether (sulfide) groups is 1. The molecule has 2 aromatic heterocycles. The van der Waals surface area contributed by atoms with Gasteiger partial charge in [-0.25, -0.2) is 9.59 Å². The zero-order valence-electron chi connectivity index (χ0n) is 20.5. The maximum atomic E-state index is 12.6. The van der Waals surface area contributed by atoms with E-state index in [1.54, 1.807) is 41.0 Å². The summed E-state index contributed by atoms with van der Waals surface area (Å²) < 4.78 is 11.9. The van der Waals surface area contributed by atoms with Crippen molar-refractivity contribution in [3.8, 4) is 11.4 Å². The minimum absolute atomic E-state index is 0.0236. The molecule has 0 saturated heterocycles. The Hall–Kier alpha value is -4.65. The van der Waals surface area contributed by atoms with Crippen LogP contribution in [0, 0.1) is 0 Å². The SMILES string of the molecule is CCOc1ccc(-n2c(Cc3cc(=O)[nH]c(=O)[nH]3)nnc2SCC(=O)Nc2ccc(C(=O)OC)cc2)cc1. The fourth-order valence-electron chi connectivity index (χ4n) is 3.55. The Bertz CT molecular complexity index is 1510. The third-order valence-electron chi connectivity index (χ3n) is 5.19. The van der Waals surface area contributed by atoms with Gasteiger partial charge in [0.2, 0.25) is 5.91 Å². The normalized spacial score (nSPS) is 10.7. The number of amides is 1. The van der Waals surface area contributed by atoms with E-state index in [1.165, 1.54) is 24.9 Å². The number of esters is 1. The number of aromatic nitrogens is 5. The molecule has 3 N–H and O–H groups in total. The number of hydrogen-bond donors (Lipinski definition) is 3. The molecule has 0 aliphatic rings. The highest BCUT2D eigenvalue weighted by Gasteiger charge is 2.17. The smallest absolute Gasteiger partial charge is 0.337 e. The van der Waals surface area contributed by atoms with Gasteiger partial charge in [0.15, 0.2) is 5.16 Å². The quantitative estimate of drug-likeness (QED) is 0.204. The molecule has 0 spiro atoms. The Morgan fingerprint density at radius 1 is 1.03 bits per heavy atom. The van der Waals surface area contributed by atoms with Crippen LogP contribution in [0.3, 0.4) is 0 Å². The van der Waals surface area contributed by atoms with Crippen molar-refractivity contribution in [3.05, 3.63) is 92.5 Å². The first-order valence-electron chi connectivity index (χ1n) is 11.5. The van der Waals surface area contributed by atoms with E-state index in [0.29, 0.717) is 46.0 Å². The van der Waals surface area contributed by atoms with Gasteiger partial charge in [0.1, 0.15) is 11.6 Å². The predicted octanol–water partition coefficient (Wildman–Crippen LogP) is 2.15. The van der Waals surface area contributed by atoms with Gasteiger partial charge in [-0.05, 0) is 55.5 Å². The number of hydrogen-bond acceptors (Lipinski definition) is 9. The molecule has 0 aliphatic heterocycles. The van der Waals surface area contributed by atoms with Crippen LogP contribution in [-0.4, -0.2) is 56.1 Å². The van der Waals surface area contributed by atoms with E-state index in [0.717, 1.165) is 0 Å².